The smallest absolute Gasteiger partial charge is 0.127 e. The molecule has 2 aromatic carbocycles. The summed E-state index contributed by atoms with van der Waals surface area (Å²) in [6.07, 6.45) is 2.11. The standard InChI is InChI=1S/C19H25NO/c1-4-14-21-19-9-7-6-8-17(19)15-10-12-16(13-11-15)18(5-2)20-3/h6-13,18,20H,4-5,14H2,1-3H3. The number of hydrogen-bond acceptors (Lipinski definition) is 2. The van der Waals surface area contributed by atoms with Gasteiger partial charge in [-0.25, -0.2) is 0 Å². The second-order valence-corrected chi connectivity index (χ2v) is 5.22. The van der Waals surface area contributed by atoms with Gasteiger partial charge in [0.1, 0.15) is 5.75 Å². The Balaban J connectivity index is 2.26. The van der Waals surface area contributed by atoms with E-state index in [1.165, 1.54) is 11.1 Å². The van der Waals surface area contributed by atoms with Gasteiger partial charge in [0, 0.05) is 11.6 Å². The van der Waals surface area contributed by atoms with Crippen molar-refractivity contribution in [2.45, 2.75) is 32.7 Å². The van der Waals surface area contributed by atoms with Gasteiger partial charge in [-0.3, -0.25) is 0 Å². The molecule has 0 bridgehead atoms. The molecule has 1 unspecified atom stereocenters. The molecule has 2 rings (SSSR count). The van der Waals surface area contributed by atoms with Crippen LogP contribution < -0.4 is 10.1 Å². The minimum absolute atomic E-state index is 0.422. The molecule has 0 spiro atoms. The molecular formula is C19H25NO. The lowest BCUT2D eigenvalue weighted by Gasteiger charge is -2.15. The average molecular weight is 283 g/mol. The van der Waals surface area contributed by atoms with Gasteiger partial charge in [0.15, 0.2) is 0 Å². The van der Waals surface area contributed by atoms with Crippen LogP contribution in [0.4, 0.5) is 0 Å². The molecule has 21 heavy (non-hydrogen) atoms. The molecule has 0 fully saturated rings. The predicted molar refractivity (Wildman–Crippen MR) is 89.8 cm³/mol. The summed E-state index contributed by atoms with van der Waals surface area (Å²) < 4.78 is 5.85. The number of hydrogen-bond donors (Lipinski definition) is 1. The van der Waals surface area contributed by atoms with E-state index in [0.29, 0.717) is 6.04 Å². The van der Waals surface area contributed by atoms with E-state index in [1.807, 2.05) is 19.2 Å². The van der Waals surface area contributed by atoms with E-state index < -0.39 is 0 Å². The van der Waals surface area contributed by atoms with E-state index in [2.05, 4.69) is 55.6 Å². The third-order valence-electron chi connectivity index (χ3n) is 3.73. The van der Waals surface area contributed by atoms with Crippen molar-refractivity contribution in [3.05, 3.63) is 54.1 Å². The second-order valence-electron chi connectivity index (χ2n) is 5.22. The summed E-state index contributed by atoms with van der Waals surface area (Å²) in [5.41, 5.74) is 3.70. The van der Waals surface area contributed by atoms with Crippen molar-refractivity contribution >= 4 is 0 Å². The van der Waals surface area contributed by atoms with Crippen molar-refractivity contribution in [3.63, 3.8) is 0 Å². The normalized spacial score (nSPS) is 12.1. The van der Waals surface area contributed by atoms with Crippen molar-refractivity contribution in [1.29, 1.82) is 0 Å². The van der Waals surface area contributed by atoms with Crippen molar-refractivity contribution in [1.82, 2.24) is 5.32 Å². The highest BCUT2D eigenvalue weighted by Gasteiger charge is 2.09. The minimum Gasteiger partial charge on any atom is -0.493 e. The zero-order valence-electron chi connectivity index (χ0n) is 13.2. The lowest BCUT2D eigenvalue weighted by Crippen LogP contribution is -2.14. The van der Waals surface area contributed by atoms with Gasteiger partial charge in [-0.2, -0.15) is 0 Å². The van der Waals surface area contributed by atoms with Crippen molar-refractivity contribution in [3.8, 4) is 16.9 Å². The molecule has 112 valence electrons. The molecule has 1 N–H and O–H groups in total. The quantitative estimate of drug-likeness (QED) is 0.787. The number of benzene rings is 2. The molecule has 1 atom stereocenters. The average Bonchev–Trinajstić information content (AvgIpc) is 2.55. The van der Waals surface area contributed by atoms with Gasteiger partial charge in [-0.1, -0.05) is 56.3 Å². The first kappa shape index (κ1) is 15.6. The molecule has 2 aromatic rings. The van der Waals surface area contributed by atoms with E-state index in [9.17, 15) is 0 Å². The molecule has 2 heteroatoms. The Labute approximate surface area is 128 Å². The third-order valence-corrected chi connectivity index (χ3v) is 3.73. The molecule has 0 radical (unpaired) electrons. The molecule has 0 aliphatic heterocycles. The molecule has 0 saturated carbocycles. The number of rotatable bonds is 7. The second kappa shape index (κ2) is 7.84. The van der Waals surface area contributed by atoms with Crippen molar-refractivity contribution in [2.24, 2.45) is 0 Å². The van der Waals surface area contributed by atoms with Crippen LogP contribution in [0.25, 0.3) is 11.1 Å². The Morgan fingerprint density at radius 1 is 1.00 bits per heavy atom. The first-order valence-corrected chi connectivity index (χ1v) is 7.79. The fourth-order valence-electron chi connectivity index (χ4n) is 2.54. The summed E-state index contributed by atoms with van der Waals surface area (Å²) in [6, 6.07) is 17.4. The largest absolute Gasteiger partial charge is 0.493 e. The monoisotopic (exact) mass is 283 g/mol. The van der Waals surface area contributed by atoms with E-state index >= 15 is 0 Å². The highest BCUT2D eigenvalue weighted by atomic mass is 16.5. The summed E-state index contributed by atoms with van der Waals surface area (Å²) in [5, 5.41) is 3.34. The molecule has 0 aliphatic carbocycles. The van der Waals surface area contributed by atoms with E-state index in [1.54, 1.807) is 0 Å². The van der Waals surface area contributed by atoms with Gasteiger partial charge in [-0.15, -0.1) is 0 Å². The first-order valence-electron chi connectivity index (χ1n) is 7.79. The molecular weight excluding hydrogens is 258 g/mol. The maximum absolute atomic E-state index is 5.85. The van der Waals surface area contributed by atoms with Gasteiger partial charge >= 0.3 is 0 Å². The minimum atomic E-state index is 0.422. The SMILES string of the molecule is CCCOc1ccccc1-c1ccc(C(CC)NC)cc1. The topological polar surface area (TPSA) is 21.3 Å². The highest BCUT2D eigenvalue weighted by molar-refractivity contribution is 5.70. The number of ether oxygens (including phenoxy) is 1. The maximum atomic E-state index is 5.85. The summed E-state index contributed by atoms with van der Waals surface area (Å²) in [7, 11) is 2.01. The Kier molecular flexibility index (Phi) is 5.82. The van der Waals surface area contributed by atoms with E-state index in [0.717, 1.165) is 30.8 Å². The lowest BCUT2D eigenvalue weighted by atomic mass is 9.99. The summed E-state index contributed by atoms with van der Waals surface area (Å²) >= 11 is 0. The van der Waals surface area contributed by atoms with Crippen LogP contribution in [0.5, 0.6) is 5.75 Å². The van der Waals surface area contributed by atoms with E-state index in [-0.39, 0.29) is 0 Å². The van der Waals surface area contributed by atoms with Crippen LogP contribution in [0, 0.1) is 0 Å². The zero-order chi connectivity index (χ0) is 15.1. The zero-order valence-corrected chi connectivity index (χ0v) is 13.2. The van der Waals surface area contributed by atoms with Crippen LogP contribution in [0.3, 0.4) is 0 Å². The van der Waals surface area contributed by atoms with Crippen LogP contribution in [-0.4, -0.2) is 13.7 Å². The summed E-state index contributed by atoms with van der Waals surface area (Å²) in [5.74, 6) is 0.966. The summed E-state index contributed by atoms with van der Waals surface area (Å²) in [4.78, 5) is 0. The predicted octanol–water partition coefficient (Wildman–Crippen LogP) is 4.81. The fourth-order valence-corrected chi connectivity index (χ4v) is 2.54. The van der Waals surface area contributed by atoms with Crippen LogP contribution in [0.1, 0.15) is 38.3 Å². The Bertz CT molecular complexity index is 544. The van der Waals surface area contributed by atoms with Crippen LogP contribution >= 0.6 is 0 Å². The fraction of sp³-hybridized carbons (Fsp3) is 0.368. The van der Waals surface area contributed by atoms with Crippen LogP contribution in [0.15, 0.2) is 48.5 Å². The Hall–Kier alpha value is -1.80. The molecule has 0 aliphatic rings. The van der Waals surface area contributed by atoms with Gasteiger partial charge in [0.05, 0.1) is 6.61 Å². The van der Waals surface area contributed by atoms with Crippen molar-refractivity contribution < 1.29 is 4.74 Å². The van der Waals surface area contributed by atoms with Crippen LogP contribution in [0.2, 0.25) is 0 Å². The maximum Gasteiger partial charge on any atom is 0.127 e. The van der Waals surface area contributed by atoms with Gasteiger partial charge in [0.25, 0.3) is 0 Å². The number of para-hydroxylation sites is 1. The van der Waals surface area contributed by atoms with Crippen LogP contribution in [-0.2, 0) is 0 Å². The van der Waals surface area contributed by atoms with Gasteiger partial charge < -0.3 is 10.1 Å². The lowest BCUT2D eigenvalue weighted by molar-refractivity contribution is 0.318. The molecule has 0 amide bonds. The third kappa shape index (κ3) is 3.85. The van der Waals surface area contributed by atoms with Crippen molar-refractivity contribution in [2.75, 3.05) is 13.7 Å². The van der Waals surface area contributed by atoms with E-state index in [4.69, 9.17) is 4.74 Å². The molecule has 0 aromatic heterocycles. The first-order chi connectivity index (χ1) is 10.3. The highest BCUT2D eigenvalue weighted by Crippen LogP contribution is 2.31. The molecule has 0 heterocycles. The van der Waals surface area contributed by atoms with Gasteiger partial charge in [0.2, 0.25) is 0 Å². The number of nitrogens with one attached hydrogen (secondary N) is 1. The Morgan fingerprint density at radius 3 is 2.33 bits per heavy atom. The molecule has 2 nitrogen and oxygen atoms in total. The summed E-state index contributed by atoms with van der Waals surface area (Å²) in [6.45, 7) is 5.08. The molecule has 0 saturated heterocycles. The Morgan fingerprint density at radius 2 is 1.71 bits per heavy atom. The van der Waals surface area contributed by atoms with Gasteiger partial charge in [-0.05, 0) is 37.1 Å².